The summed E-state index contributed by atoms with van der Waals surface area (Å²) in [6.07, 6.45) is 1.92. The molecule has 0 saturated carbocycles. The molecule has 1 heterocycles. The molecule has 0 aliphatic carbocycles. The molecule has 7 nitrogen and oxygen atoms in total. The van der Waals surface area contributed by atoms with Crippen LogP contribution >= 0.6 is 0 Å². The van der Waals surface area contributed by atoms with E-state index in [1.807, 2.05) is 45.0 Å². The molecule has 29 heavy (non-hydrogen) atoms. The van der Waals surface area contributed by atoms with Gasteiger partial charge < -0.3 is 10.3 Å². The van der Waals surface area contributed by atoms with Crippen LogP contribution in [0.2, 0.25) is 0 Å². The first-order chi connectivity index (χ1) is 13.7. The Bertz CT molecular complexity index is 1060. The second kappa shape index (κ2) is 8.18. The van der Waals surface area contributed by atoms with Crippen LogP contribution in [-0.2, 0) is 16.0 Å². The fraction of sp³-hybridized carbons (Fsp3) is 0.227. The van der Waals surface area contributed by atoms with E-state index in [1.54, 1.807) is 30.5 Å². The predicted molar refractivity (Wildman–Crippen MR) is 112 cm³/mol. The maximum absolute atomic E-state index is 12.4. The number of amides is 3. The lowest BCUT2D eigenvalue weighted by Crippen LogP contribution is -2.42. The molecule has 0 aliphatic rings. The molecular weight excluding hydrogens is 368 g/mol. The van der Waals surface area contributed by atoms with Gasteiger partial charge in [-0.25, -0.2) is 0 Å². The SMILES string of the molecule is CC(C)(C)C(=O)Nc1cccc(C(=O)NNC(=O)Cc2c[nH]c3ccccc23)c1. The minimum Gasteiger partial charge on any atom is -0.361 e. The number of fused-ring (bicyclic) bond motifs is 1. The number of nitrogens with one attached hydrogen (secondary N) is 4. The number of benzene rings is 2. The van der Waals surface area contributed by atoms with Gasteiger partial charge in [-0.3, -0.25) is 25.2 Å². The molecule has 1 aromatic heterocycles. The molecule has 0 atom stereocenters. The van der Waals surface area contributed by atoms with Gasteiger partial charge in [0.25, 0.3) is 5.91 Å². The average molecular weight is 392 g/mol. The predicted octanol–water partition coefficient (Wildman–Crippen LogP) is 3.16. The zero-order chi connectivity index (χ0) is 21.0. The van der Waals surface area contributed by atoms with Gasteiger partial charge in [-0.05, 0) is 29.8 Å². The van der Waals surface area contributed by atoms with Gasteiger partial charge in [0, 0.05) is 33.8 Å². The Morgan fingerprint density at radius 1 is 0.966 bits per heavy atom. The summed E-state index contributed by atoms with van der Waals surface area (Å²) >= 11 is 0. The van der Waals surface area contributed by atoms with Crippen LogP contribution in [0.1, 0.15) is 36.7 Å². The Kier molecular flexibility index (Phi) is 5.68. The molecular formula is C22H24N4O3. The summed E-state index contributed by atoms with van der Waals surface area (Å²) in [5.41, 5.74) is 6.93. The number of rotatable bonds is 4. The Labute approximate surface area is 168 Å². The van der Waals surface area contributed by atoms with Crippen molar-refractivity contribution in [2.75, 3.05) is 5.32 Å². The van der Waals surface area contributed by atoms with E-state index in [0.717, 1.165) is 16.5 Å². The summed E-state index contributed by atoms with van der Waals surface area (Å²) < 4.78 is 0. The van der Waals surface area contributed by atoms with Gasteiger partial charge in [-0.2, -0.15) is 0 Å². The highest BCUT2D eigenvalue weighted by atomic mass is 16.2. The minimum atomic E-state index is -0.547. The van der Waals surface area contributed by atoms with Crippen molar-refractivity contribution < 1.29 is 14.4 Å². The number of para-hydroxylation sites is 1. The summed E-state index contributed by atoms with van der Waals surface area (Å²) in [4.78, 5) is 39.8. The van der Waals surface area contributed by atoms with Crippen LogP contribution in [0, 0.1) is 5.41 Å². The maximum Gasteiger partial charge on any atom is 0.269 e. The Balaban J connectivity index is 1.58. The molecule has 0 aliphatic heterocycles. The highest BCUT2D eigenvalue weighted by Gasteiger charge is 2.21. The number of aromatic nitrogens is 1. The van der Waals surface area contributed by atoms with Gasteiger partial charge in [0.1, 0.15) is 0 Å². The lowest BCUT2D eigenvalue weighted by Gasteiger charge is -2.18. The van der Waals surface area contributed by atoms with E-state index in [-0.39, 0.29) is 18.2 Å². The summed E-state index contributed by atoms with van der Waals surface area (Å²) in [7, 11) is 0. The van der Waals surface area contributed by atoms with Crippen LogP contribution in [-0.4, -0.2) is 22.7 Å². The summed E-state index contributed by atoms with van der Waals surface area (Å²) in [5.74, 6) is -0.952. The fourth-order valence-corrected chi connectivity index (χ4v) is 2.75. The molecule has 0 bridgehead atoms. The first-order valence-electron chi connectivity index (χ1n) is 9.30. The van der Waals surface area contributed by atoms with Gasteiger partial charge >= 0.3 is 0 Å². The van der Waals surface area contributed by atoms with Crippen LogP contribution in [0.25, 0.3) is 10.9 Å². The van der Waals surface area contributed by atoms with Gasteiger partial charge in [0.15, 0.2) is 0 Å². The monoisotopic (exact) mass is 392 g/mol. The number of hydrogen-bond donors (Lipinski definition) is 4. The van der Waals surface area contributed by atoms with E-state index >= 15 is 0 Å². The van der Waals surface area contributed by atoms with E-state index in [9.17, 15) is 14.4 Å². The molecule has 0 spiro atoms. The number of H-pyrrole nitrogens is 1. The molecule has 2 aromatic carbocycles. The van der Waals surface area contributed by atoms with E-state index in [0.29, 0.717) is 11.3 Å². The molecule has 3 rings (SSSR count). The first-order valence-corrected chi connectivity index (χ1v) is 9.30. The molecule has 0 fully saturated rings. The summed E-state index contributed by atoms with van der Waals surface area (Å²) in [6, 6.07) is 14.2. The number of carbonyl (C=O) groups excluding carboxylic acids is 3. The van der Waals surface area contributed by atoms with Gasteiger partial charge in [0.2, 0.25) is 11.8 Å². The maximum atomic E-state index is 12.4. The van der Waals surface area contributed by atoms with Crippen molar-refractivity contribution in [2.45, 2.75) is 27.2 Å². The van der Waals surface area contributed by atoms with Crippen molar-refractivity contribution >= 4 is 34.3 Å². The van der Waals surface area contributed by atoms with Crippen molar-refractivity contribution in [1.82, 2.24) is 15.8 Å². The highest BCUT2D eigenvalue weighted by molar-refractivity contribution is 5.99. The third-order valence-corrected chi connectivity index (χ3v) is 4.41. The zero-order valence-corrected chi connectivity index (χ0v) is 16.6. The molecule has 3 aromatic rings. The van der Waals surface area contributed by atoms with Crippen molar-refractivity contribution in [3.05, 3.63) is 65.9 Å². The van der Waals surface area contributed by atoms with Crippen LogP contribution in [0.5, 0.6) is 0 Å². The van der Waals surface area contributed by atoms with Crippen molar-refractivity contribution in [3.8, 4) is 0 Å². The summed E-state index contributed by atoms with van der Waals surface area (Å²) in [6.45, 7) is 5.42. The lowest BCUT2D eigenvalue weighted by atomic mass is 9.95. The third kappa shape index (κ3) is 5.01. The number of carbonyl (C=O) groups is 3. The lowest BCUT2D eigenvalue weighted by molar-refractivity contribution is -0.123. The van der Waals surface area contributed by atoms with Crippen LogP contribution in [0.3, 0.4) is 0 Å². The molecule has 0 radical (unpaired) electrons. The van der Waals surface area contributed by atoms with Crippen LogP contribution in [0.15, 0.2) is 54.7 Å². The van der Waals surface area contributed by atoms with Crippen molar-refractivity contribution in [3.63, 3.8) is 0 Å². The Morgan fingerprint density at radius 3 is 2.48 bits per heavy atom. The van der Waals surface area contributed by atoms with Gasteiger partial charge in [0.05, 0.1) is 6.42 Å². The third-order valence-electron chi connectivity index (χ3n) is 4.41. The molecule has 7 heteroatoms. The number of hydrazine groups is 1. The minimum absolute atomic E-state index is 0.131. The quantitative estimate of drug-likeness (QED) is 0.513. The molecule has 150 valence electrons. The highest BCUT2D eigenvalue weighted by Crippen LogP contribution is 2.19. The molecule has 4 N–H and O–H groups in total. The second-order valence-electron chi connectivity index (χ2n) is 7.82. The standard InChI is InChI=1S/C22H24N4O3/c1-22(2,3)21(29)24-16-8-6-7-14(11-16)20(28)26-25-19(27)12-15-13-23-18-10-5-4-9-17(15)18/h4-11,13,23H,12H2,1-3H3,(H,24,29)(H,25,27)(H,26,28). The summed E-state index contributed by atoms with van der Waals surface area (Å²) in [5, 5.41) is 3.75. The zero-order valence-electron chi connectivity index (χ0n) is 16.6. The van der Waals surface area contributed by atoms with Crippen molar-refractivity contribution in [1.29, 1.82) is 0 Å². The van der Waals surface area contributed by atoms with Gasteiger partial charge in [-0.15, -0.1) is 0 Å². The Hall–Kier alpha value is -3.61. The molecule has 0 saturated heterocycles. The Morgan fingerprint density at radius 2 is 1.72 bits per heavy atom. The largest absolute Gasteiger partial charge is 0.361 e. The molecule has 0 unspecified atom stereocenters. The van der Waals surface area contributed by atoms with Crippen LogP contribution < -0.4 is 16.2 Å². The van der Waals surface area contributed by atoms with E-state index < -0.39 is 11.3 Å². The smallest absolute Gasteiger partial charge is 0.269 e. The topological polar surface area (TPSA) is 103 Å². The first kappa shape index (κ1) is 20.1. The number of aromatic amines is 1. The average Bonchev–Trinajstić information content (AvgIpc) is 3.08. The molecule has 3 amide bonds. The van der Waals surface area contributed by atoms with E-state index in [2.05, 4.69) is 21.2 Å². The van der Waals surface area contributed by atoms with Crippen molar-refractivity contribution in [2.24, 2.45) is 5.41 Å². The van der Waals surface area contributed by atoms with Gasteiger partial charge in [-0.1, -0.05) is 45.0 Å². The fourth-order valence-electron chi connectivity index (χ4n) is 2.75. The number of anilines is 1. The normalized spacial score (nSPS) is 11.1. The van der Waals surface area contributed by atoms with Crippen LogP contribution in [0.4, 0.5) is 5.69 Å². The number of hydrogen-bond acceptors (Lipinski definition) is 3. The van der Waals surface area contributed by atoms with E-state index in [4.69, 9.17) is 0 Å². The second-order valence-corrected chi connectivity index (χ2v) is 7.82. The van der Waals surface area contributed by atoms with E-state index in [1.165, 1.54) is 0 Å².